The van der Waals surface area contributed by atoms with E-state index in [0.717, 1.165) is 18.6 Å². The van der Waals surface area contributed by atoms with Crippen LogP contribution in [0.5, 0.6) is 0 Å². The van der Waals surface area contributed by atoms with Gasteiger partial charge in [0.15, 0.2) is 5.69 Å². The van der Waals surface area contributed by atoms with Crippen molar-refractivity contribution in [3.8, 4) is 0 Å². The summed E-state index contributed by atoms with van der Waals surface area (Å²) in [6.07, 6.45) is 5.17. The van der Waals surface area contributed by atoms with Crippen molar-refractivity contribution in [2.75, 3.05) is 13.1 Å². The molecule has 140 valence electrons. The van der Waals surface area contributed by atoms with Crippen LogP contribution < -0.4 is 15.8 Å². The van der Waals surface area contributed by atoms with E-state index in [2.05, 4.69) is 15.2 Å². The van der Waals surface area contributed by atoms with Crippen molar-refractivity contribution in [1.82, 2.24) is 15.2 Å². The molecule has 0 radical (unpaired) electrons. The van der Waals surface area contributed by atoms with Crippen LogP contribution in [-0.2, 0) is 10.0 Å². The molecular formula is C16H26N4O4S. The fourth-order valence-corrected chi connectivity index (χ4v) is 4.73. The second kappa shape index (κ2) is 7.84. The molecule has 0 aliphatic heterocycles. The molecule has 0 atom stereocenters. The highest BCUT2D eigenvalue weighted by molar-refractivity contribution is 7.90. The quantitative estimate of drug-likeness (QED) is 0.583. The van der Waals surface area contributed by atoms with E-state index < -0.39 is 15.3 Å². The number of hydrogen-bond donors (Lipinski definition) is 3. The van der Waals surface area contributed by atoms with Crippen molar-refractivity contribution in [1.29, 1.82) is 0 Å². The molecule has 1 amide bonds. The number of sulfonamides is 1. The molecule has 2 aliphatic rings. The normalized spacial score (nSPS) is 24.2. The maximum absolute atomic E-state index is 12.2. The van der Waals surface area contributed by atoms with E-state index in [1.165, 1.54) is 0 Å². The highest BCUT2D eigenvalue weighted by Gasteiger charge is 2.32. The largest absolute Gasteiger partial charge is 0.360 e. The van der Waals surface area contributed by atoms with Crippen LogP contribution >= 0.6 is 0 Å². The van der Waals surface area contributed by atoms with E-state index in [1.807, 2.05) is 0 Å². The van der Waals surface area contributed by atoms with Crippen LogP contribution in [0.25, 0.3) is 0 Å². The van der Waals surface area contributed by atoms with Gasteiger partial charge < -0.3 is 15.6 Å². The molecule has 8 nitrogen and oxygen atoms in total. The van der Waals surface area contributed by atoms with Crippen LogP contribution in [0.4, 0.5) is 0 Å². The van der Waals surface area contributed by atoms with E-state index in [0.29, 0.717) is 56.8 Å². The molecule has 2 aliphatic carbocycles. The topological polar surface area (TPSA) is 127 Å². The first-order valence-corrected chi connectivity index (χ1v) is 10.5. The van der Waals surface area contributed by atoms with Gasteiger partial charge in [-0.2, -0.15) is 0 Å². The molecule has 0 aromatic carbocycles. The van der Waals surface area contributed by atoms with Crippen LogP contribution in [0.3, 0.4) is 0 Å². The molecule has 0 bridgehead atoms. The molecule has 25 heavy (non-hydrogen) atoms. The van der Waals surface area contributed by atoms with Gasteiger partial charge in [0.2, 0.25) is 10.0 Å². The third-order valence-corrected chi connectivity index (χ3v) is 6.83. The molecule has 0 unspecified atom stereocenters. The van der Waals surface area contributed by atoms with E-state index in [4.69, 9.17) is 10.3 Å². The average Bonchev–Trinajstić information content (AvgIpc) is 3.32. The van der Waals surface area contributed by atoms with E-state index in [-0.39, 0.29) is 11.9 Å². The number of nitrogens with two attached hydrogens (primary N) is 1. The third kappa shape index (κ3) is 4.80. The van der Waals surface area contributed by atoms with Crippen molar-refractivity contribution in [2.24, 2.45) is 5.73 Å². The highest BCUT2D eigenvalue weighted by atomic mass is 32.2. The second-order valence-corrected chi connectivity index (χ2v) is 8.96. The Morgan fingerprint density at radius 3 is 2.60 bits per heavy atom. The number of nitrogens with one attached hydrogen (secondary N) is 2. The molecular weight excluding hydrogens is 344 g/mol. The maximum Gasteiger partial charge on any atom is 0.273 e. The standard InChI is InChI=1S/C16H26N4O4S/c17-8-1-9-18-25(22,23)13-6-4-12(5-7-13)19-16(21)14-10-15(24-20-14)11-2-3-11/h10-13,18H,1-9,17H2,(H,19,21). The van der Waals surface area contributed by atoms with Gasteiger partial charge in [-0.15, -0.1) is 0 Å². The molecule has 4 N–H and O–H groups in total. The minimum Gasteiger partial charge on any atom is -0.360 e. The van der Waals surface area contributed by atoms with Crippen LogP contribution in [0.2, 0.25) is 0 Å². The molecule has 3 rings (SSSR count). The number of carbonyl (C=O) groups is 1. The number of hydrogen-bond acceptors (Lipinski definition) is 6. The van der Waals surface area contributed by atoms with Gasteiger partial charge in [0.1, 0.15) is 5.76 Å². The minimum atomic E-state index is -3.30. The van der Waals surface area contributed by atoms with Gasteiger partial charge in [0.25, 0.3) is 5.91 Å². The van der Waals surface area contributed by atoms with Gasteiger partial charge in [-0.25, -0.2) is 13.1 Å². The molecule has 2 fully saturated rings. The van der Waals surface area contributed by atoms with Gasteiger partial charge in [-0.05, 0) is 51.5 Å². The molecule has 9 heteroatoms. The fourth-order valence-electron chi connectivity index (χ4n) is 3.17. The van der Waals surface area contributed by atoms with Crippen LogP contribution in [0.15, 0.2) is 10.6 Å². The van der Waals surface area contributed by atoms with E-state index in [1.54, 1.807) is 6.07 Å². The third-order valence-electron chi connectivity index (χ3n) is 4.87. The number of carbonyl (C=O) groups excluding carboxylic acids is 1. The summed E-state index contributed by atoms with van der Waals surface area (Å²) in [5.74, 6) is 0.952. The summed E-state index contributed by atoms with van der Waals surface area (Å²) in [4.78, 5) is 12.2. The zero-order valence-electron chi connectivity index (χ0n) is 14.2. The van der Waals surface area contributed by atoms with Gasteiger partial charge in [-0.1, -0.05) is 5.16 Å². The summed E-state index contributed by atoms with van der Waals surface area (Å²) in [7, 11) is -3.30. The summed E-state index contributed by atoms with van der Waals surface area (Å²) < 4.78 is 32.3. The Hall–Kier alpha value is -1.45. The summed E-state index contributed by atoms with van der Waals surface area (Å²) in [5.41, 5.74) is 5.69. The Bertz CT molecular complexity index is 691. The molecule has 1 aromatic heterocycles. The molecule has 1 heterocycles. The highest BCUT2D eigenvalue weighted by Crippen LogP contribution is 2.40. The number of nitrogens with zero attached hydrogens (tertiary/aromatic N) is 1. The predicted octanol–water partition coefficient (Wildman–Crippen LogP) is 0.861. The minimum absolute atomic E-state index is 0.0240. The first kappa shape index (κ1) is 18.3. The van der Waals surface area contributed by atoms with Gasteiger partial charge in [0.05, 0.1) is 5.25 Å². The van der Waals surface area contributed by atoms with Crippen LogP contribution in [0.1, 0.15) is 67.1 Å². The average molecular weight is 370 g/mol. The number of rotatable bonds is 8. The van der Waals surface area contributed by atoms with Crippen molar-refractivity contribution < 1.29 is 17.7 Å². The first-order valence-electron chi connectivity index (χ1n) is 8.95. The van der Waals surface area contributed by atoms with Crippen molar-refractivity contribution >= 4 is 15.9 Å². The Labute approximate surface area is 147 Å². The lowest BCUT2D eigenvalue weighted by Gasteiger charge is -2.28. The monoisotopic (exact) mass is 370 g/mol. The van der Waals surface area contributed by atoms with Crippen LogP contribution in [-0.4, -0.2) is 43.9 Å². The first-order chi connectivity index (χ1) is 12.0. The van der Waals surface area contributed by atoms with Gasteiger partial charge in [-0.3, -0.25) is 4.79 Å². The smallest absolute Gasteiger partial charge is 0.273 e. The van der Waals surface area contributed by atoms with Crippen molar-refractivity contribution in [3.05, 3.63) is 17.5 Å². The van der Waals surface area contributed by atoms with Gasteiger partial charge in [0, 0.05) is 24.6 Å². The Kier molecular flexibility index (Phi) is 5.75. The number of aromatic nitrogens is 1. The molecule has 0 saturated heterocycles. The predicted molar refractivity (Wildman–Crippen MR) is 92.6 cm³/mol. The maximum atomic E-state index is 12.2. The Balaban J connectivity index is 1.46. The lowest BCUT2D eigenvalue weighted by Crippen LogP contribution is -2.43. The summed E-state index contributed by atoms with van der Waals surface area (Å²) in [6.45, 7) is 0.844. The van der Waals surface area contributed by atoms with Crippen LogP contribution in [0, 0.1) is 0 Å². The lowest BCUT2D eigenvalue weighted by molar-refractivity contribution is 0.0918. The van der Waals surface area contributed by atoms with E-state index >= 15 is 0 Å². The summed E-state index contributed by atoms with van der Waals surface area (Å²) in [6, 6.07) is 1.69. The SMILES string of the molecule is NCCCNS(=O)(=O)C1CCC(NC(=O)c2cc(C3CC3)on2)CC1. The van der Waals surface area contributed by atoms with E-state index in [9.17, 15) is 13.2 Å². The molecule has 1 aromatic rings. The fraction of sp³-hybridized carbons (Fsp3) is 0.750. The molecule has 0 spiro atoms. The number of amides is 1. The Morgan fingerprint density at radius 2 is 1.96 bits per heavy atom. The summed E-state index contributed by atoms with van der Waals surface area (Å²) >= 11 is 0. The van der Waals surface area contributed by atoms with Crippen molar-refractivity contribution in [2.45, 2.75) is 62.2 Å². The second-order valence-electron chi connectivity index (χ2n) is 6.92. The Morgan fingerprint density at radius 1 is 1.24 bits per heavy atom. The van der Waals surface area contributed by atoms with Gasteiger partial charge >= 0.3 is 0 Å². The lowest BCUT2D eigenvalue weighted by atomic mass is 9.95. The zero-order chi connectivity index (χ0) is 17.9. The van der Waals surface area contributed by atoms with Crippen molar-refractivity contribution in [3.63, 3.8) is 0 Å². The molecule has 2 saturated carbocycles. The zero-order valence-corrected chi connectivity index (χ0v) is 15.1. The summed E-state index contributed by atoms with van der Waals surface area (Å²) in [5, 5.41) is 6.38.